The topological polar surface area (TPSA) is 307 Å². The van der Waals surface area contributed by atoms with Crippen molar-refractivity contribution in [2.75, 3.05) is 26.4 Å². The van der Waals surface area contributed by atoms with Crippen molar-refractivity contribution in [1.82, 2.24) is 0 Å². The zero-order valence-corrected chi connectivity index (χ0v) is 25.5. The number of rotatable bonds is 10. The molecule has 0 radical (unpaired) electrons. The van der Waals surface area contributed by atoms with Gasteiger partial charge in [-0.05, 0) is 0 Å². The predicted octanol–water partition coefficient (Wildman–Crippen LogP) is -6.81. The molecule has 19 unspecified atom stereocenters. The molecule has 4 fully saturated rings. The molecule has 0 aliphatic carbocycles. The van der Waals surface area contributed by atoms with E-state index in [1.165, 1.54) is 6.92 Å². The highest BCUT2D eigenvalue weighted by atomic mass is 16.8. The Labute approximate surface area is 264 Å². The quantitative estimate of drug-likeness (QED) is 0.102. The highest BCUT2D eigenvalue weighted by Crippen LogP contribution is 2.39. The number of aliphatic hydroxyl groups is 12. The maximum atomic E-state index is 10.9. The maximum absolute atomic E-state index is 10.9. The van der Waals surface area contributed by atoms with Gasteiger partial charge in [-0.1, -0.05) is 20.8 Å². The van der Waals surface area contributed by atoms with Crippen LogP contribution in [0.1, 0.15) is 20.8 Å². The van der Waals surface area contributed by atoms with Gasteiger partial charge in [-0.2, -0.15) is 0 Å². The molecule has 0 spiro atoms. The lowest BCUT2D eigenvalue weighted by Gasteiger charge is -2.50. The highest BCUT2D eigenvalue weighted by Gasteiger charge is 2.55. The Kier molecular flexibility index (Phi) is 12.8. The Morgan fingerprint density at radius 2 is 0.891 bits per heavy atom. The molecule has 0 saturated carbocycles. The van der Waals surface area contributed by atoms with Crippen LogP contribution in [0.5, 0.6) is 0 Å². The van der Waals surface area contributed by atoms with Gasteiger partial charge < -0.3 is 94.4 Å². The lowest BCUT2D eigenvalue weighted by molar-refractivity contribution is -0.396. The third kappa shape index (κ3) is 7.24. The van der Waals surface area contributed by atoms with Crippen LogP contribution < -0.4 is 0 Å². The maximum Gasteiger partial charge on any atom is 0.189 e. The minimum absolute atomic E-state index is 0.544. The summed E-state index contributed by atoms with van der Waals surface area (Å²) in [5.41, 5.74) is -1.09. The zero-order valence-electron chi connectivity index (χ0n) is 25.5. The van der Waals surface area contributed by atoms with Crippen molar-refractivity contribution in [1.29, 1.82) is 0 Å². The lowest BCUT2D eigenvalue weighted by Crippen LogP contribution is -2.67. The van der Waals surface area contributed by atoms with E-state index in [9.17, 15) is 61.3 Å². The largest absolute Gasteiger partial charge is 0.394 e. The molecule has 4 rings (SSSR count). The molecule has 12 N–H and O–H groups in total. The van der Waals surface area contributed by atoms with Crippen LogP contribution in [0.2, 0.25) is 0 Å². The molecule has 0 aromatic heterocycles. The van der Waals surface area contributed by atoms with E-state index >= 15 is 0 Å². The first-order chi connectivity index (χ1) is 21.6. The van der Waals surface area contributed by atoms with Gasteiger partial charge in [0.05, 0.1) is 44.7 Å². The van der Waals surface area contributed by atoms with Crippen molar-refractivity contribution in [3.05, 3.63) is 0 Å². The molecule has 4 heterocycles. The molecule has 46 heavy (non-hydrogen) atoms. The minimum atomic E-state index is -1.95. The molecule has 270 valence electrons. The lowest BCUT2D eigenvalue weighted by atomic mass is 9.76. The second kappa shape index (κ2) is 15.4. The molecule has 0 bridgehead atoms. The summed E-state index contributed by atoms with van der Waals surface area (Å²) in [7, 11) is 0. The van der Waals surface area contributed by atoms with Crippen LogP contribution in [-0.4, -0.2) is 198 Å². The third-order valence-corrected chi connectivity index (χ3v) is 9.38. The summed E-state index contributed by atoms with van der Waals surface area (Å²) < 4.78 is 39.0. The van der Waals surface area contributed by atoms with Crippen molar-refractivity contribution >= 4 is 0 Å². The van der Waals surface area contributed by atoms with Crippen molar-refractivity contribution < 1.29 is 94.4 Å². The molecule has 0 amide bonds. The Morgan fingerprint density at radius 1 is 0.478 bits per heavy atom. The van der Waals surface area contributed by atoms with E-state index in [-0.39, 0.29) is 0 Å². The van der Waals surface area contributed by atoms with Crippen LogP contribution in [0.15, 0.2) is 0 Å². The first-order valence-electron chi connectivity index (χ1n) is 15.1. The van der Waals surface area contributed by atoms with Gasteiger partial charge in [0.1, 0.15) is 67.1 Å². The molecule has 4 aliphatic rings. The second-order valence-corrected chi connectivity index (χ2v) is 12.7. The number of hydrogen-bond acceptors (Lipinski definition) is 19. The van der Waals surface area contributed by atoms with Crippen molar-refractivity contribution in [3.8, 4) is 0 Å². The molecular weight excluding hydrogens is 628 g/mol. The average Bonchev–Trinajstić information content (AvgIpc) is 3.03. The predicted molar refractivity (Wildman–Crippen MR) is 145 cm³/mol. The fourth-order valence-electron chi connectivity index (χ4n) is 6.08. The van der Waals surface area contributed by atoms with E-state index in [1.54, 1.807) is 13.8 Å². The second-order valence-electron chi connectivity index (χ2n) is 12.7. The molecular formula is C27H48O19. The van der Waals surface area contributed by atoms with Gasteiger partial charge in [-0.15, -0.1) is 0 Å². The Bertz CT molecular complexity index is 950. The van der Waals surface area contributed by atoms with Crippen LogP contribution in [0, 0.1) is 11.3 Å². The fourth-order valence-corrected chi connectivity index (χ4v) is 6.08. The van der Waals surface area contributed by atoms with Crippen LogP contribution in [0.3, 0.4) is 0 Å². The summed E-state index contributed by atoms with van der Waals surface area (Å²) in [5.74, 6) is -0.823. The van der Waals surface area contributed by atoms with Gasteiger partial charge in [-0.25, -0.2) is 0 Å². The standard InChI is InChI=1S/C27H48O19/c1-8-13(32)9(4-28)40-23(14(8)33)46-25-18(37)16(35)20(11(6-30)42-25)44-24-17(36)15(34)21(10(5-29)41-24)45-26-19(38)22(39)27(2,3)12(7-31)43-26/h8-26,28-39H,4-7H2,1-3H3. The number of aliphatic hydroxyl groups excluding tert-OH is 12. The molecule has 0 aromatic carbocycles. The average molecular weight is 677 g/mol. The minimum Gasteiger partial charge on any atom is -0.394 e. The monoisotopic (exact) mass is 676 g/mol. The van der Waals surface area contributed by atoms with Gasteiger partial charge in [-0.3, -0.25) is 0 Å². The van der Waals surface area contributed by atoms with Crippen molar-refractivity contribution in [3.63, 3.8) is 0 Å². The van der Waals surface area contributed by atoms with Gasteiger partial charge in [0.25, 0.3) is 0 Å². The van der Waals surface area contributed by atoms with Crippen LogP contribution in [-0.2, 0) is 33.2 Å². The van der Waals surface area contributed by atoms with Crippen LogP contribution in [0.25, 0.3) is 0 Å². The summed E-state index contributed by atoms with van der Waals surface area (Å²) in [6.07, 6.45) is -28.3. The summed E-state index contributed by atoms with van der Waals surface area (Å²) in [5, 5.41) is 125. The van der Waals surface area contributed by atoms with E-state index in [4.69, 9.17) is 33.2 Å². The molecule has 4 saturated heterocycles. The molecule has 19 heteroatoms. The number of ether oxygens (including phenoxy) is 7. The van der Waals surface area contributed by atoms with E-state index in [1.807, 2.05) is 0 Å². The van der Waals surface area contributed by atoms with Gasteiger partial charge in [0.15, 0.2) is 25.2 Å². The molecule has 19 atom stereocenters. The first-order valence-corrected chi connectivity index (χ1v) is 15.1. The van der Waals surface area contributed by atoms with Gasteiger partial charge in [0, 0.05) is 11.3 Å². The summed E-state index contributed by atoms with van der Waals surface area (Å²) in [4.78, 5) is 0. The smallest absolute Gasteiger partial charge is 0.189 e. The van der Waals surface area contributed by atoms with E-state index < -0.39 is 148 Å². The Hall–Kier alpha value is -0.760. The normalized spacial score (nSPS) is 51.6. The van der Waals surface area contributed by atoms with E-state index in [2.05, 4.69) is 0 Å². The summed E-state index contributed by atoms with van der Waals surface area (Å²) >= 11 is 0. The first kappa shape index (κ1) is 38.0. The molecule has 19 nitrogen and oxygen atoms in total. The van der Waals surface area contributed by atoms with E-state index in [0.717, 1.165) is 0 Å². The summed E-state index contributed by atoms with van der Waals surface area (Å²) in [6.45, 7) is 1.76. The van der Waals surface area contributed by atoms with Crippen molar-refractivity contribution in [2.45, 2.75) is 131 Å². The van der Waals surface area contributed by atoms with Gasteiger partial charge >= 0.3 is 0 Å². The van der Waals surface area contributed by atoms with Crippen molar-refractivity contribution in [2.24, 2.45) is 11.3 Å². The number of hydrogen-bond donors (Lipinski definition) is 12. The third-order valence-electron chi connectivity index (χ3n) is 9.38. The van der Waals surface area contributed by atoms with E-state index in [0.29, 0.717) is 0 Å². The van der Waals surface area contributed by atoms with Crippen LogP contribution >= 0.6 is 0 Å². The zero-order chi connectivity index (χ0) is 34.2. The summed E-state index contributed by atoms with van der Waals surface area (Å²) in [6, 6.07) is 0. The van der Waals surface area contributed by atoms with Gasteiger partial charge in [0.2, 0.25) is 0 Å². The highest BCUT2D eigenvalue weighted by molar-refractivity contribution is 4.98. The molecule has 0 aromatic rings. The fraction of sp³-hybridized carbons (Fsp3) is 1.00. The van der Waals surface area contributed by atoms with Crippen LogP contribution in [0.4, 0.5) is 0 Å². The Morgan fingerprint density at radius 3 is 1.35 bits per heavy atom. The molecule has 4 aliphatic heterocycles. The SMILES string of the molecule is CC1C(O)C(CO)OC(OC2OC(CO)C(OC3OC(CO)C(OC4OC(CO)C(C)(C)C(O)C4O)C(O)C3O)C(O)C2O)C1O. The Balaban J connectivity index is 1.43.